The number of rotatable bonds is 5. The molecule has 0 aliphatic carbocycles. The molecule has 1 unspecified atom stereocenters. The lowest BCUT2D eigenvalue weighted by Crippen LogP contribution is -2.40. The Labute approximate surface area is 134 Å². The summed E-state index contributed by atoms with van der Waals surface area (Å²) in [7, 11) is 0. The lowest BCUT2D eigenvalue weighted by Gasteiger charge is -2.23. The van der Waals surface area contributed by atoms with Gasteiger partial charge in [0, 0.05) is 29.7 Å². The Balaban J connectivity index is 1.99. The summed E-state index contributed by atoms with van der Waals surface area (Å²) in [5.41, 5.74) is 2.80. The first-order chi connectivity index (χ1) is 10.4. The van der Waals surface area contributed by atoms with Crippen LogP contribution in [-0.4, -0.2) is 20.8 Å². The average molecular weight is 320 g/mol. The Kier molecular flexibility index (Phi) is 5.56. The van der Waals surface area contributed by atoms with E-state index in [-0.39, 0.29) is 10.6 Å². The van der Waals surface area contributed by atoms with Gasteiger partial charge in [-0.25, -0.2) is 4.39 Å². The van der Waals surface area contributed by atoms with E-state index < -0.39 is 11.4 Å². The van der Waals surface area contributed by atoms with E-state index in [2.05, 4.69) is 9.71 Å². The molecule has 0 fully saturated rings. The van der Waals surface area contributed by atoms with Crippen molar-refractivity contribution in [1.82, 2.24) is 9.71 Å². The summed E-state index contributed by atoms with van der Waals surface area (Å²) in [5, 5.41) is 0. The van der Waals surface area contributed by atoms with Crippen molar-refractivity contribution in [3.05, 3.63) is 54.0 Å². The highest BCUT2D eigenvalue weighted by Gasteiger charge is 2.25. The van der Waals surface area contributed by atoms with Crippen molar-refractivity contribution in [2.45, 2.75) is 31.9 Å². The number of pyridine rings is 1. The van der Waals surface area contributed by atoms with E-state index in [9.17, 15) is 8.94 Å². The van der Waals surface area contributed by atoms with Gasteiger partial charge in [0.15, 0.2) is 0 Å². The topological polar surface area (TPSA) is 48.0 Å². The minimum absolute atomic E-state index is 0.256. The molecular weight excluding hydrogens is 299 g/mol. The van der Waals surface area contributed by atoms with E-state index in [1.807, 2.05) is 32.9 Å². The number of nitrogens with one attached hydrogen (secondary N) is 1. The Morgan fingerprint density at radius 2 is 1.86 bits per heavy atom. The zero-order valence-electron chi connectivity index (χ0n) is 13.1. The van der Waals surface area contributed by atoms with E-state index in [1.54, 1.807) is 18.3 Å². The van der Waals surface area contributed by atoms with Gasteiger partial charge < -0.3 is 4.55 Å². The number of hydrogen-bond donors (Lipinski definition) is 1. The van der Waals surface area contributed by atoms with Crippen molar-refractivity contribution in [2.75, 3.05) is 6.54 Å². The summed E-state index contributed by atoms with van der Waals surface area (Å²) < 4.78 is 27.7. The molecule has 0 spiro atoms. The maximum atomic E-state index is 13.0. The number of aromatic nitrogens is 1. The summed E-state index contributed by atoms with van der Waals surface area (Å²) in [6, 6.07) is 10.2. The zero-order chi connectivity index (χ0) is 16.2. The van der Waals surface area contributed by atoms with Gasteiger partial charge in [0.05, 0.1) is 5.69 Å². The molecule has 0 amide bonds. The number of benzene rings is 1. The first kappa shape index (κ1) is 16.9. The molecule has 1 aromatic carbocycles. The lowest BCUT2D eigenvalue weighted by molar-refractivity contribution is 0.544. The average Bonchev–Trinajstić information content (AvgIpc) is 2.47. The minimum atomic E-state index is -1.06. The molecular formula is C17H21FN2OS. The Bertz CT molecular complexity index is 611. The molecule has 1 N–H and O–H groups in total. The van der Waals surface area contributed by atoms with Gasteiger partial charge >= 0.3 is 0 Å². The maximum absolute atomic E-state index is 13.0. The summed E-state index contributed by atoms with van der Waals surface area (Å²) >= 11 is -1.06. The normalized spacial score (nSPS) is 13.1. The van der Waals surface area contributed by atoms with Gasteiger partial charge in [-0.2, -0.15) is 0 Å². The van der Waals surface area contributed by atoms with Crippen LogP contribution in [-0.2, 0) is 17.8 Å². The van der Waals surface area contributed by atoms with E-state index in [4.69, 9.17) is 0 Å². The number of hydrogen-bond acceptors (Lipinski definition) is 3. The molecule has 0 bridgehead atoms. The smallest absolute Gasteiger partial charge is 0.136 e. The molecule has 2 rings (SSSR count). The quantitative estimate of drug-likeness (QED) is 0.858. The fraction of sp³-hybridized carbons (Fsp3) is 0.353. The van der Waals surface area contributed by atoms with Crippen LogP contribution in [0.15, 0.2) is 42.6 Å². The minimum Gasteiger partial charge on any atom is -0.598 e. The van der Waals surface area contributed by atoms with Gasteiger partial charge in [-0.1, -0.05) is 0 Å². The Morgan fingerprint density at radius 1 is 1.18 bits per heavy atom. The van der Waals surface area contributed by atoms with Crippen molar-refractivity contribution >= 4 is 11.4 Å². The molecule has 118 valence electrons. The van der Waals surface area contributed by atoms with Crippen LogP contribution in [0.3, 0.4) is 0 Å². The highest BCUT2D eigenvalue weighted by molar-refractivity contribution is 7.90. The molecule has 2 aromatic rings. The molecule has 1 heterocycles. The second-order valence-corrected chi connectivity index (χ2v) is 8.13. The number of nitrogens with zero attached hydrogens (tertiary/aromatic N) is 1. The van der Waals surface area contributed by atoms with Crippen LogP contribution in [0.5, 0.6) is 0 Å². The van der Waals surface area contributed by atoms with Gasteiger partial charge in [0.25, 0.3) is 0 Å². The first-order valence-electron chi connectivity index (χ1n) is 7.22. The lowest BCUT2D eigenvalue weighted by atomic mass is 10.1. The largest absolute Gasteiger partial charge is 0.598 e. The van der Waals surface area contributed by atoms with Crippen LogP contribution in [0.25, 0.3) is 11.3 Å². The summed E-state index contributed by atoms with van der Waals surface area (Å²) in [6.07, 6.45) is 2.51. The second-order valence-electron chi connectivity index (χ2n) is 6.08. The Hall–Kier alpha value is -1.43. The van der Waals surface area contributed by atoms with Crippen LogP contribution in [0, 0.1) is 5.82 Å². The van der Waals surface area contributed by atoms with Crippen LogP contribution in [0.2, 0.25) is 0 Å². The van der Waals surface area contributed by atoms with Crippen molar-refractivity contribution in [3.63, 3.8) is 0 Å². The third-order valence-corrected chi connectivity index (χ3v) is 4.75. The van der Waals surface area contributed by atoms with E-state index in [0.717, 1.165) is 23.2 Å². The molecule has 1 atom stereocenters. The van der Waals surface area contributed by atoms with Gasteiger partial charge in [0.1, 0.15) is 10.6 Å². The predicted octanol–water partition coefficient (Wildman–Crippen LogP) is 3.48. The van der Waals surface area contributed by atoms with Crippen molar-refractivity contribution in [3.8, 4) is 11.3 Å². The molecule has 5 heteroatoms. The van der Waals surface area contributed by atoms with Crippen molar-refractivity contribution in [1.29, 1.82) is 0 Å². The zero-order valence-corrected chi connectivity index (χ0v) is 13.9. The fourth-order valence-electron chi connectivity index (χ4n) is 1.91. The first-order valence-corrected chi connectivity index (χ1v) is 8.37. The van der Waals surface area contributed by atoms with Gasteiger partial charge in [-0.15, -0.1) is 4.72 Å². The monoisotopic (exact) mass is 320 g/mol. The third-order valence-electron chi connectivity index (χ3n) is 3.17. The highest BCUT2D eigenvalue weighted by Crippen LogP contribution is 2.18. The molecule has 0 saturated heterocycles. The number of halogens is 1. The standard InChI is InChI=1S/C17H21FN2OS/c1-17(2,3)22(21)20-11-9-13-8-10-19-16(12-13)14-4-6-15(18)7-5-14/h4-8,10,12,20H,9,11H2,1-3H3. The molecule has 3 nitrogen and oxygen atoms in total. The fourth-order valence-corrected chi connectivity index (χ4v) is 2.63. The summed E-state index contributed by atoms with van der Waals surface area (Å²) in [5.74, 6) is -0.256. The predicted molar refractivity (Wildman–Crippen MR) is 89.2 cm³/mol. The van der Waals surface area contributed by atoms with Crippen LogP contribution < -0.4 is 4.72 Å². The van der Waals surface area contributed by atoms with E-state index >= 15 is 0 Å². The Morgan fingerprint density at radius 3 is 2.50 bits per heavy atom. The highest BCUT2D eigenvalue weighted by atomic mass is 32.2. The van der Waals surface area contributed by atoms with E-state index in [1.165, 1.54) is 12.1 Å². The second kappa shape index (κ2) is 7.22. The molecule has 0 aliphatic rings. The van der Waals surface area contributed by atoms with Crippen LogP contribution in [0.1, 0.15) is 26.3 Å². The maximum Gasteiger partial charge on any atom is 0.136 e. The SMILES string of the molecule is CC(C)(C)[S+]([O-])NCCc1ccnc(-c2ccc(F)cc2)c1. The summed E-state index contributed by atoms with van der Waals surface area (Å²) in [6.45, 7) is 6.45. The molecule has 0 saturated carbocycles. The van der Waals surface area contributed by atoms with Gasteiger partial charge in [-0.3, -0.25) is 4.98 Å². The summed E-state index contributed by atoms with van der Waals surface area (Å²) in [4.78, 5) is 4.32. The van der Waals surface area contributed by atoms with Crippen LogP contribution in [0.4, 0.5) is 4.39 Å². The molecule has 0 aliphatic heterocycles. The molecule has 1 aromatic heterocycles. The van der Waals surface area contributed by atoms with Crippen LogP contribution >= 0.6 is 0 Å². The molecule has 0 radical (unpaired) electrons. The molecule has 22 heavy (non-hydrogen) atoms. The van der Waals surface area contributed by atoms with Gasteiger partial charge in [0.2, 0.25) is 0 Å². The van der Waals surface area contributed by atoms with Gasteiger partial charge in [-0.05, 0) is 69.2 Å². The third kappa shape index (κ3) is 4.80. The van der Waals surface area contributed by atoms with Crippen molar-refractivity contribution in [2.24, 2.45) is 0 Å². The van der Waals surface area contributed by atoms with Crippen molar-refractivity contribution < 1.29 is 8.94 Å². The van der Waals surface area contributed by atoms with E-state index in [0.29, 0.717) is 6.54 Å².